The van der Waals surface area contributed by atoms with Crippen LogP contribution >= 0.6 is 11.8 Å². The highest BCUT2D eigenvalue weighted by Gasteiger charge is 2.27. The number of alkyl halides is 3. The van der Waals surface area contributed by atoms with Gasteiger partial charge in [-0.25, -0.2) is 0 Å². The summed E-state index contributed by atoms with van der Waals surface area (Å²) in [4.78, 5) is 9.95. The van der Waals surface area contributed by atoms with Crippen molar-refractivity contribution in [1.82, 2.24) is 0 Å². The van der Waals surface area contributed by atoms with Crippen molar-refractivity contribution in [2.24, 2.45) is 0 Å². The molecule has 0 saturated carbocycles. The largest absolute Gasteiger partial charge is 0.481 e. The minimum atomic E-state index is -4.31. The van der Waals surface area contributed by atoms with Crippen LogP contribution in [0.3, 0.4) is 0 Å². The second-order valence-corrected chi connectivity index (χ2v) is 3.22. The quantitative estimate of drug-likeness (QED) is 0.684. The molecule has 78 valence electrons. The minimum absolute atomic E-state index is 0.0859. The van der Waals surface area contributed by atoms with Crippen LogP contribution in [0.15, 0.2) is 0 Å². The molecule has 0 rings (SSSR count). The first-order chi connectivity index (χ1) is 5.92. The molecule has 7 heteroatoms. The maximum atomic E-state index is 11.5. The first kappa shape index (κ1) is 12.6. The van der Waals surface area contributed by atoms with E-state index in [-0.39, 0.29) is 18.1 Å². The number of carbonyl (C=O) groups is 1. The fraction of sp³-hybridized carbons (Fsp3) is 0.833. The van der Waals surface area contributed by atoms with Crippen LogP contribution < -0.4 is 0 Å². The molecule has 0 aromatic heterocycles. The second-order valence-electron chi connectivity index (χ2n) is 2.11. The fourth-order valence-corrected chi connectivity index (χ4v) is 1.02. The number of hydrogen-bond acceptors (Lipinski definition) is 3. The molecule has 0 aliphatic rings. The van der Waals surface area contributed by atoms with Crippen molar-refractivity contribution in [1.29, 1.82) is 0 Å². The minimum Gasteiger partial charge on any atom is -0.481 e. The van der Waals surface area contributed by atoms with E-state index in [1.807, 2.05) is 0 Å². The van der Waals surface area contributed by atoms with Gasteiger partial charge in [0, 0.05) is 5.75 Å². The van der Waals surface area contributed by atoms with Crippen molar-refractivity contribution in [3.63, 3.8) is 0 Å². The Balaban J connectivity index is 3.13. The molecule has 0 atom stereocenters. The summed E-state index contributed by atoms with van der Waals surface area (Å²) >= 11 is 1.02. The van der Waals surface area contributed by atoms with Crippen LogP contribution in [0.1, 0.15) is 0 Å². The zero-order valence-electron chi connectivity index (χ0n) is 6.63. The molecule has 0 aliphatic carbocycles. The predicted octanol–water partition coefficient (Wildman–Crippen LogP) is 1.38. The maximum Gasteiger partial charge on any atom is 0.411 e. The molecular formula is C6H9F3O3S. The zero-order valence-corrected chi connectivity index (χ0v) is 7.45. The van der Waals surface area contributed by atoms with Crippen LogP contribution in [0.25, 0.3) is 0 Å². The van der Waals surface area contributed by atoms with E-state index in [0.717, 1.165) is 11.8 Å². The van der Waals surface area contributed by atoms with Gasteiger partial charge in [0.25, 0.3) is 0 Å². The zero-order chi connectivity index (χ0) is 10.3. The predicted molar refractivity (Wildman–Crippen MR) is 41.8 cm³/mol. The van der Waals surface area contributed by atoms with Crippen LogP contribution in [0.2, 0.25) is 0 Å². The lowest BCUT2D eigenvalue weighted by Crippen LogP contribution is -2.18. The number of hydrogen-bond donors (Lipinski definition) is 1. The SMILES string of the molecule is O=C(O)CSCCOCC(F)(F)F. The highest BCUT2D eigenvalue weighted by Crippen LogP contribution is 2.14. The monoisotopic (exact) mass is 218 g/mol. The normalized spacial score (nSPS) is 11.6. The van der Waals surface area contributed by atoms with Crippen LogP contribution in [0.5, 0.6) is 0 Å². The number of carboxylic acid groups (broad SMARTS) is 1. The molecular weight excluding hydrogens is 209 g/mol. The van der Waals surface area contributed by atoms with Gasteiger partial charge >= 0.3 is 12.1 Å². The molecule has 0 aromatic rings. The van der Waals surface area contributed by atoms with Crippen LogP contribution in [-0.2, 0) is 9.53 Å². The molecule has 0 unspecified atom stereocenters. The molecule has 0 saturated heterocycles. The third-order valence-corrected chi connectivity index (χ3v) is 1.77. The molecule has 0 bridgehead atoms. The van der Waals surface area contributed by atoms with Gasteiger partial charge in [-0.15, -0.1) is 11.8 Å². The Hall–Kier alpha value is -0.430. The average Bonchev–Trinajstić information content (AvgIpc) is 1.93. The fourth-order valence-electron chi connectivity index (χ4n) is 0.465. The highest BCUT2D eigenvalue weighted by atomic mass is 32.2. The summed E-state index contributed by atoms with van der Waals surface area (Å²) in [5.41, 5.74) is 0. The first-order valence-electron chi connectivity index (χ1n) is 3.36. The van der Waals surface area contributed by atoms with Crippen molar-refractivity contribution in [3.8, 4) is 0 Å². The lowest BCUT2D eigenvalue weighted by molar-refractivity contribution is -0.172. The third kappa shape index (κ3) is 11.6. The van der Waals surface area contributed by atoms with Gasteiger partial charge in [0.05, 0.1) is 12.4 Å². The topological polar surface area (TPSA) is 46.5 Å². The Morgan fingerprint density at radius 2 is 2.08 bits per heavy atom. The summed E-state index contributed by atoms with van der Waals surface area (Å²) in [6, 6.07) is 0. The summed E-state index contributed by atoms with van der Waals surface area (Å²) in [5.74, 6) is -0.849. The van der Waals surface area contributed by atoms with E-state index in [4.69, 9.17) is 5.11 Å². The van der Waals surface area contributed by atoms with Crippen molar-refractivity contribution >= 4 is 17.7 Å². The average molecular weight is 218 g/mol. The third-order valence-electron chi connectivity index (χ3n) is 0.863. The van der Waals surface area contributed by atoms with E-state index in [1.54, 1.807) is 0 Å². The van der Waals surface area contributed by atoms with Gasteiger partial charge in [0.2, 0.25) is 0 Å². The lowest BCUT2D eigenvalue weighted by atomic mass is 10.7. The molecule has 3 nitrogen and oxygen atoms in total. The van der Waals surface area contributed by atoms with Gasteiger partial charge in [-0.1, -0.05) is 0 Å². The standard InChI is InChI=1S/C6H9F3O3S/c7-6(8,9)4-12-1-2-13-3-5(10)11/h1-4H2,(H,10,11). The number of rotatable bonds is 6. The van der Waals surface area contributed by atoms with Gasteiger partial charge in [-0.3, -0.25) is 4.79 Å². The number of aliphatic carboxylic acids is 1. The molecule has 0 radical (unpaired) electrons. The smallest absolute Gasteiger partial charge is 0.411 e. The maximum absolute atomic E-state index is 11.5. The van der Waals surface area contributed by atoms with Gasteiger partial charge in [-0.2, -0.15) is 13.2 Å². The van der Waals surface area contributed by atoms with E-state index >= 15 is 0 Å². The Bertz CT molecular complexity index is 160. The Morgan fingerprint density at radius 3 is 2.54 bits per heavy atom. The molecule has 13 heavy (non-hydrogen) atoms. The molecule has 0 aromatic carbocycles. The van der Waals surface area contributed by atoms with E-state index < -0.39 is 18.8 Å². The Kier molecular flexibility index (Phi) is 5.89. The van der Waals surface area contributed by atoms with Crippen molar-refractivity contribution in [3.05, 3.63) is 0 Å². The lowest BCUT2D eigenvalue weighted by Gasteiger charge is -2.06. The van der Waals surface area contributed by atoms with E-state index in [1.165, 1.54) is 0 Å². The Labute approximate surface area is 77.3 Å². The van der Waals surface area contributed by atoms with Gasteiger partial charge in [-0.05, 0) is 0 Å². The molecule has 0 spiro atoms. The molecule has 0 heterocycles. The van der Waals surface area contributed by atoms with Gasteiger partial charge in [0.1, 0.15) is 6.61 Å². The molecule has 0 aliphatic heterocycles. The number of thioether (sulfide) groups is 1. The number of ether oxygens (including phenoxy) is 1. The van der Waals surface area contributed by atoms with Crippen molar-refractivity contribution in [2.45, 2.75) is 6.18 Å². The summed E-state index contributed by atoms with van der Waals surface area (Å²) in [6.07, 6.45) is -4.31. The van der Waals surface area contributed by atoms with Crippen molar-refractivity contribution < 1.29 is 27.8 Å². The van der Waals surface area contributed by atoms with E-state index in [2.05, 4.69) is 4.74 Å². The van der Waals surface area contributed by atoms with E-state index in [0.29, 0.717) is 0 Å². The highest BCUT2D eigenvalue weighted by molar-refractivity contribution is 7.99. The summed E-state index contributed by atoms with van der Waals surface area (Å²) in [7, 11) is 0. The van der Waals surface area contributed by atoms with Gasteiger partial charge < -0.3 is 9.84 Å². The van der Waals surface area contributed by atoms with Crippen molar-refractivity contribution in [2.75, 3.05) is 24.7 Å². The first-order valence-corrected chi connectivity index (χ1v) is 4.51. The number of halogens is 3. The molecule has 0 amide bonds. The molecule has 0 fully saturated rings. The summed E-state index contributed by atoms with van der Waals surface area (Å²) in [5, 5.41) is 8.16. The Morgan fingerprint density at radius 1 is 1.46 bits per heavy atom. The van der Waals surface area contributed by atoms with Crippen LogP contribution in [-0.4, -0.2) is 42.0 Å². The second kappa shape index (κ2) is 6.09. The van der Waals surface area contributed by atoms with Gasteiger partial charge in [0.15, 0.2) is 0 Å². The summed E-state index contributed by atoms with van der Waals surface area (Å²) < 4.78 is 38.6. The summed E-state index contributed by atoms with van der Waals surface area (Å²) in [6.45, 7) is -1.36. The van der Waals surface area contributed by atoms with Crippen LogP contribution in [0.4, 0.5) is 13.2 Å². The molecule has 1 N–H and O–H groups in total. The van der Waals surface area contributed by atoms with E-state index in [9.17, 15) is 18.0 Å². The van der Waals surface area contributed by atoms with Crippen LogP contribution in [0, 0.1) is 0 Å². The number of carboxylic acids is 1.